The van der Waals surface area contributed by atoms with E-state index < -0.39 is 18.0 Å². The molecule has 10 nitrogen and oxygen atoms in total. The van der Waals surface area contributed by atoms with Crippen molar-refractivity contribution in [2.45, 2.75) is 19.6 Å². The fourth-order valence-electron chi connectivity index (χ4n) is 3.03. The van der Waals surface area contributed by atoms with E-state index in [1.165, 1.54) is 30.5 Å². The fraction of sp³-hybridized carbons (Fsp3) is 0.278. The molecule has 0 radical (unpaired) electrons. The lowest BCUT2D eigenvalue weighted by atomic mass is 10.2. The lowest BCUT2D eigenvalue weighted by Crippen LogP contribution is -2.33. The summed E-state index contributed by atoms with van der Waals surface area (Å²) in [5.74, 6) is -0.719. The van der Waals surface area contributed by atoms with Crippen LogP contribution in [0.15, 0.2) is 43.4 Å². The Labute approximate surface area is 164 Å². The molecule has 2 aromatic heterocycles. The molecular weight excluding hydrogens is 381 g/mol. The Hall–Kier alpha value is -3.76. The van der Waals surface area contributed by atoms with Gasteiger partial charge >= 0.3 is 6.09 Å². The molecular formula is C18H18FN7O3. The number of amides is 2. The number of hydrogen-bond donors (Lipinski definition) is 1. The van der Waals surface area contributed by atoms with Crippen molar-refractivity contribution in [3.8, 4) is 5.69 Å². The maximum Gasteiger partial charge on any atom is 0.414 e. The highest BCUT2D eigenvalue weighted by atomic mass is 19.1. The number of imidazole rings is 1. The maximum atomic E-state index is 14.7. The quantitative estimate of drug-likeness (QED) is 0.666. The van der Waals surface area contributed by atoms with Crippen molar-refractivity contribution >= 4 is 17.7 Å². The number of anilines is 1. The molecule has 1 aliphatic heterocycles. The predicted octanol–water partition coefficient (Wildman–Crippen LogP) is 1.11. The average Bonchev–Trinajstić information content (AvgIpc) is 3.42. The molecule has 1 atom stereocenters. The van der Waals surface area contributed by atoms with Crippen molar-refractivity contribution in [2.24, 2.45) is 0 Å². The third-order valence-electron chi connectivity index (χ3n) is 4.40. The van der Waals surface area contributed by atoms with E-state index in [1.807, 2.05) is 0 Å². The van der Waals surface area contributed by atoms with Gasteiger partial charge in [-0.15, -0.1) is 0 Å². The number of halogens is 1. The lowest BCUT2D eigenvalue weighted by molar-refractivity contribution is -0.119. The van der Waals surface area contributed by atoms with Crippen LogP contribution < -0.4 is 10.2 Å². The van der Waals surface area contributed by atoms with Crippen LogP contribution in [0.1, 0.15) is 12.6 Å². The largest absolute Gasteiger partial charge is 0.442 e. The Bertz CT molecular complexity index is 1030. The summed E-state index contributed by atoms with van der Waals surface area (Å²) in [6.45, 7) is 2.24. The summed E-state index contributed by atoms with van der Waals surface area (Å²) in [5, 5.41) is 6.62. The van der Waals surface area contributed by atoms with Crippen LogP contribution in [0.5, 0.6) is 0 Å². The number of nitrogens with zero attached hydrogens (tertiary/aromatic N) is 6. The monoisotopic (exact) mass is 399 g/mol. The Morgan fingerprint density at radius 1 is 1.38 bits per heavy atom. The average molecular weight is 399 g/mol. The number of aromatic nitrogens is 5. The number of hydrogen-bond acceptors (Lipinski definition) is 6. The van der Waals surface area contributed by atoms with Crippen molar-refractivity contribution in [3.63, 3.8) is 0 Å². The highest BCUT2D eigenvalue weighted by Gasteiger charge is 2.32. The Balaban J connectivity index is 1.48. The van der Waals surface area contributed by atoms with Crippen molar-refractivity contribution in [2.75, 3.05) is 18.0 Å². The van der Waals surface area contributed by atoms with Crippen molar-refractivity contribution in [3.05, 3.63) is 54.9 Å². The maximum absolute atomic E-state index is 14.7. The Morgan fingerprint density at radius 2 is 2.24 bits per heavy atom. The van der Waals surface area contributed by atoms with E-state index in [-0.39, 0.29) is 19.0 Å². The molecule has 1 aliphatic rings. The summed E-state index contributed by atoms with van der Waals surface area (Å²) in [6, 6.07) is 4.48. The normalized spacial score (nSPS) is 16.1. The van der Waals surface area contributed by atoms with E-state index >= 15 is 0 Å². The van der Waals surface area contributed by atoms with Gasteiger partial charge in [-0.2, -0.15) is 5.10 Å². The molecule has 150 valence electrons. The first-order valence-electron chi connectivity index (χ1n) is 8.87. The van der Waals surface area contributed by atoms with E-state index in [2.05, 4.69) is 20.4 Å². The van der Waals surface area contributed by atoms with Crippen molar-refractivity contribution in [1.82, 2.24) is 29.6 Å². The molecule has 0 bridgehead atoms. The molecule has 3 heterocycles. The van der Waals surface area contributed by atoms with Crippen molar-refractivity contribution < 1.29 is 18.7 Å². The third kappa shape index (κ3) is 4.08. The zero-order valence-corrected chi connectivity index (χ0v) is 15.5. The second kappa shape index (κ2) is 7.70. The van der Waals surface area contributed by atoms with Crippen LogP contribution in [0.25, 0.3) is 5.69 Å². The number of ether oxygens (including phenoxy) is 1. The summed E-state index contributed by atoms with van der Waals surface area (Å²) < 4.78 is 23.1. The number of benzene rings is 1. The Morgan fingerprint density at radius 3 is 2.97 bits per heavy atom. The standard InChI is InChI=1S/C18H18FN7O3/c1-12(27)21-5-15-8-26(18(28)29-15)14-2-3-17(16(19)4-14)24-6-13(22-11-24)7-25-10-20-9-23-25/h2-4,6,9-11,15H,5,7-8H2,1H3,(H,21,27). The molecule has 4 rings (SSSR count). The van der Waals surface area contributed by atoms with Gasteiger partial charge in [0.25, 0.3) is 0 Å². The van der Waals surface area contributed by atoms with Gasteiger partial charge in [0.15, 0.2) is 0 Å². The minimum atomic E-state index is -0.578. The van der Waals surface area contributed by atoms with Crippen LogP contribution >= 0.6 is 0 Å². The van der Waals surface area contributed by atoms with Gasteiger partial charge in [-0.05, 0) is 18.2 Å². The van der Waals surface area contributed by atoms with E-state index in [4.69, 9.17) is 4.74 Å². The van der Waals surface area contributed by atoms with Crippen LogP contribution in [0.3, 0.4) is 0 Å². The molecule has 1 saturated heterocycles. The summed E-state index contributed by atoms with van der Waals surface area (Å²) in [6.07, 6.45) is 5.15. The zero-order valence-electron chi connectivity index (χ0n) is 15.5. The number of cyclic esters (lactones) is 1. The highest BCUT2D eigenvalue weighted by molar-refractivity contribution is 5.90. The third-order valence-corrected chi connectivity index (χ3v) is 4.40. The molecule has 0 spiro atoms. The minimum absolute atomic E-state index is 0.210. The van der Waals surface area contributed by atoms with Gasteiger partial charge in [0.2, 0.25) is 5.91 Å². The number of carbonyl (C=O) groups excluding carboxylic acids is 2. The van der Waals surface area contributed by atoms with Gasteiger partial charge in [-0.3, -0.25) is 9.69 Å². The fourth-order valence-corrected chi connectivity index (χ4v) is 3.03. The molecule has 0 aliphatic carbocycles. The van der Waals surface area contributed by atoms with E-state index in [9.17, 15) is 14.0 Å². The molecule has 1 fully saturated rings. The lowest BCUT2D eigenvalue weighted by Gasteiger charge is -2.14. The smallest absolute Gasteiger partial charge is 0.414 e. The second-order valence-electron chi connectivity index (χ2n) is 6.55. The van der Waals surface area contributed by atoms with Crippen molar-refractivity contribution in [1.29, 1.82) is 0 Å². The first-order valence-corrected chi connectivity index (χ1v) is 8.87. The molecule has 1 unspecified atom stereocenters. The van der Waals surface area contributed by atoms with E-state index in [0.717, 1.165) is 0 Å². The van der Waals surface area contributed by atoms with E-state index in [1.54, 1.807) is 33.9 Å². The zero-order chi connectivity index (χ0) is 20.4. The van der Waals surface area contributed by atoms with Gasteiger partial charge < -0.3 is 14.6 Å². The number of nitrogens with one attached hydrogen (secondary N) is 1. The molecule has 2 amide bonds. The van der Waals surface area contributed by atoms with Gasteiger partial charge in [0, 0.05) is 13.1 Å². The number of rotatable bonds is 6. The van der Waals surface area contributed by atoms with Gasteiger partial charge in [0.05, 0.1) is 43.0 Å². The van der Waals surface area contributed by atoms with E-state index in [0.29, 0.717) is 23.6 Å². The SMILES string of the molecule is CC(=O)NCC1CN(c2ccc(-n3cnc(Cn4cncn4)c3)c(F)c2)C(=O)O1. The molecule has 29 heavy (non-hydrogen) atoms. The molecule has 1 N–H and O–H groups in total. The van der Waals surface area contributed by atoms with Crippen LogP contribution in [0.4, 0.5) is 14.9 Å². The molecule has 11 heteroatoms. The topological polar surface area (TPSA) is 107 Å². The summed E-state index contributed by atoms with van der Waals surface area (Å²) in [4.78, 5) is 32.6. The molecule has 1 aromatic carbocycles. The summed E-state index contributed by atoms with van der Waals surface area (Å²) in [7, 11) is 0. The van der Waals surface area contributed by atoms with Gasteiger partial charge in [0.1, 0.15) is 24.6 Å². The first kappa shape index (κ1) is 18.6. The van der Waals surface area contributed by atoms with Crippen LogP contribution in [0.2, 0.25) is 0 Å². The predicted molar refractivity (Wildman–Crippen MR) is 98.9 cm³/mol. The summed E-state index contributed by atoms with van der Waals surface area (Å²) >= 11 is 0. The van der Waals surface area contributed by atoms with Crippen LogP contribution in [0, 0.1) is 5.82 Å². The molecule has 0 saturated carbocycles. The molecule has 3 aromatic rings. The Kier molecular flexibility index (Phi) is 4.94. The number of carbonyl (C=O) groups is 2. The first-order chi connectivity index (χ1) is 14.0. The summed E-state index contributed by atoms with van der Waals surface area (Å²) in [5.41, 5.74) is 1.38. The van der Waals surface area contributed by atoms with Crippen LogP contribution in [-0.2, 0) is 16.1 Å². The highest BCUT2D eigenvalue weighted by Crippen LogP contribution is 2.25. The minimum Gasteiger partial charge on any atom is -0.442 e. The van der Waals surface area contributed by atoms with Crippen LogP contribution in [-0.4, -0.2) is 55.5 Å². The van der Waals surface area contributed by atoms with Gasteiger partial charge in [-0.1, -0.05) is 0 Å². The van der Waals surface area contributed by atoms with Gasteiger partial charge in [-0.25, -0.2) is 23.8 Å². The second-order valence-corrected chi connectivity index (χ2v) is 6.55.